The number of hydrogen-bond donors (Lipinski definition) is 2. The number of nitrogens with one attached hydrogen (secondary N) is 2. The van der Waals surface area contributed by atoms with Crippen molar-refractivity contribution in [3.63, 3.8) is 0 Å². The van der Waals surface area contributed by atoms with Crippen LogP contribution in [0.2, 0.25) is 0 Å². The van der Waals surface area contributed by atoms with Crippen LogP contribution in [0.4, 0.5) is 16.0 Å². The minimum absolute atomic E-state index is 0.0216. The van der Waals surface area contributed by atoms with Crippen molar-refractivity contribution in [3.05, 3.63) is 35.9 Å². The molecule has 0 bridgehead atoms. The monoisotopic (exact) mass is 439 g/mol. The van der Waals surface area contributed by atoms with Crippen molar-refractivity contribution in [1.29, 1.82) is 0 Å². The maximum absolute atomic E-state index is 14.0. The Kier molecular flexibility index (Phi) is 7.40. The van der Waals surface area contributed by atoms with Gasteiger partial charge in [-0.15, -0.1) is 0 Å². The van der Waals surface area contributed by atoms with E-state index >= 15 is 0 Å². The molecule has 0 radical (unpaired) electrons. The highest BCUT2D eigenvalue weighted by atomic mass is 32.2. The molecule has 164 valence electrons. The fourth-order valence-electron chi connectivity index (χ4n) is 2.98. The topological polar surface area (TPSA) is 106 Å². The average Bonchev–Trinajstić information content (AvgIpc) is 2.73. The van der Waals surface area contributed by atoms with Crippen LogP contribution in [0.3, 0.4) is 0 Å². The Hall–Kier alpha value is -2.50. The summed E-state index contributed by atoms with van der Waals surface area (Å²) < 4.78 is 51.6. The number of aromatic nitrogens is 2. The molecule has 0 spiro atoms. The fraction of sp³-hybridized carbons (Fsp3) is 0.474. The molecule has 1 aromatic carbocycles. The highest BCUT2D eigenvalue weighted by Gasteiger charge is 2.17. The molecule has 3 rings (SSSR count). The van der Waals surface area contributed by atoms with Gasteiger partial charge in [0.05, 0.1) is 24.7 Å². The molecule has 2 aromatic rings. The molecule has 2 N–H and O–H groups in total. The van der Waals surface area contributed by atoms with Gasteiger partial charge in [0.2, 0.25) is 10.0 Å². The molecule has 9 nitrogen and oxygen atoms in total. The third-order valence-electron chi connectivity index (χ3n) is 4.40. The van der Waals surface area contributed by atoms with Crippen LogP contribution in [0.5, 0.6) is 5.75 Å². The van der Waals surface area contributed by atoms with Crippen molar-refractivity contribution in [2.75, 3.05) is 56.2 Å². The van der Waals surface area contributed by atoms with Crippen LogP contribution in [0, 0.1) is 12.7 Å². The number of aryl methyl sites for hydroxylation is 1. The van der Waals surface area contributed by atoms with Gasteiger partial charge in [0.15, 0.2) is 11.6 Å². The van der Waals surface area contributed by atoms with E-state index in [4.69, 9.17) is 9.47 Å². The van der Waals surface area contributed by atoms with Crippen molar-refractivity contribution in [1.82, 2.24) is 14.7 Å². The van der Waals surface area contributed by atoms with Gasteiger partial charge < -0.3 is 19.7 Å². The first-order valence-electron chi connectivity index (χ1n) is 9.73. The van der Waals surface area contributed by atoms with E-state index < -0.39 is 15.8 Å². The maximum Gasteiger partial charge on any atom is 0.240 e. The maximum atomic E-state index is 14.0. The second-order valence-corrected chi connectivity index (χ2v) is 8.37. The first-order valence-corrected chi connectivity index (χ1v) is 11.2. The fourth-order valence-corrected chi connectivity index (χ4v) is 4.02. The summed E-state index contributed by atoms with van der Waals surface area (Å²) in [5, 5.41) is 3.10. The van der Waals surface area contributed by atoms with E-state index in [-0.39, 0.29) is 17.2 Å². The quantitative estimate of drug-likeness (QED) is 0.567. The van der Waals surface area contributed by atoms with Crippen molar-refractivity contribution in [2.45, 2.75) is 18.7 Å². The third-order valence-corrected chi connectivity index (χ3v) is 5.85. The van der Waals surface area contributed by atoms with E-state index in [0.29, 0.717) is 38.0 Å². The van der Waals surface area contributed by atoms with Gasteiger partial charge in [-0.25, -0.2) is 27.5 Å². The summed E-state index contributed by atoms with van der Waals surface area (Å²) in [5.41, 5.74) is 0. The predicted molar refractivity (Wildman–Crippen MR) is 111 cm³/mol. The van der Waals surface area contributed by atoms with Crippen LogP contribution in [0.1, 0.15) is 12.7 Å². The Labute approximate surface area is 175 Å². The van der Waals surface area contributed by atoms with E-state index in [1.54, 1.807) is 13.8 Å². The molecule has 1 aliphatic heterocycles. The zero-order valence-corrected chi connectivity index (χ0v) is 17.8. The minimum atomic E-state index is -3.84. The van der Waals surface area contributed by atoms with Crippen molar-refractivity contribution in [2.24, 2.45) is 0 Å². The van der Waals surface area contributed by atoms with E-state index in [2.05, 4.69) is 24.9 Å². The molecule has 1 aromatic heterocycles. The van der Waals surface area contributed by atoms with Crippen LogP contribution in [-0.2, 0) is 14.8 Å². The van der Waals surface area contributed by atoms with Crippen LogP contribution in [-0.4, -0.2) is 64.4 Å². The zero-order chi connectivity index (χ0) is 21.6. The predicted octanol–water partition coefficient (Wildman–Crippen LogP) is 1.55. The van der Waals surface area contributed by atoms with Crippen LogP contribution in [0.15, 0.2) is 29.2 Å². The second-order valence-electron chi connectivity index (χ2n) is 6.61. The largest absolute Gasteiger partial charge is 0.491 e. The number of benzene rings is 1. The Balaban J connectivity index is 1.56. The Morgan fingerprint density at radius 1 is 1.20 bits per heavy atom. The van der Waals surface area contributed by atoms with Gasteiger partial charge >= 0.3 is 0 Å². The van der Waals surface area contributed by atoms with Crippen molar-refractivity contribution < 1.29 is 22.3 Å². The summed E-state index contributed by atoms with van der Waals surface area (Å²) in [7, 11) is -3.84. The lowest BCUT2D eigenvalue weighted by molar-refractivity contribution is 0.122. The van der Waals surface area contributed by atoms with Gasteiger partial charge in [-0.1, -0.05) is 0 Å². The number of rotatable bonds is 9. The molecular weight excluding hydrogens is 413 g/mol. The van der Waals surface area contributed by atoms with Gasteiger partial charge in [-0.2, -0.15) is 0 Å². The number of morpholine rings is 1. The average molecular weight is 440 g/mol. The van der Waals surface area contributed by atoms with E-state index in [1.807, 2.05) is 6.07 Å². The first kappa shape index (κ1) is 22.2. The Bertz CT molecular complexity index is 967. The summed E-state index contributed by atoms with van der Waals surface area (Å²) in [4.78, 5) is 10.8. The zero-order valence-electron chi connectivity index (χ0n) is 17.0. The molecule has 2 heterocycles. The molecule has 30 heavy (non-hydrogen) atoms. The van der Waals surface area contributed by atoms with Gasteiger partial charge in [0.1, 0.15) is 17.5 Å². The number of ether oxygens (including phenoxy) is 2. The van der Waals surface area contributed by atoms with Crippen LogP contribution >= 0.6 is 0 Å². The number of halogens is 1. The SMILES string of the molecule is CCOc1ccc(S(=O)(=O)NCCNc2cc(N3CCOCC3)nc(C)n2)cc1F. The number of anilines is 2. The van der Waals surface area contributed by atoms with Crippen LogP contribution < -0.4 is 19.7 Å². The molecule has 0 amide bonds. The molecule has 11 heteroatoms. The highest BCUT2D eigenvalue weighted by molar-refractivity contribution is 7.89. The molecule has 1 fully saturated rings. The Morgan fingerprint density at radius 3 is 2.67 bits per heavy atom. The number of nitrogens with zero attached hydrogens (tertiary/aromatic N) is 3. The second kappa shape index (κ2) is 10.0. The lowest BCUT2D eigenvalue weighted by Crippen LogP contribution is -2.37. The molecule has 0 unspecified atom stereocenters. The molecule has 0 saturated carbocycles. The normalized spacial score (nSPS) is 14.6. The molecule has 1 aliphatic rings. The van der Waals surface area contributed by atoms with Crippen molar-refractivity contribution in [3.8, 4) is 5.75 Å². The highest BCUT2D eigenvalue weighted by Crippen LogP contribution is 2.21. The molecular formula is C19H26FN5O4S. The van der Waals surface area contributed by atoms with Gasteiger partial charge in [-0.3, -0.25) is 0 Å². The lowest BCUT2D eigenvalue weighted by Gasteiger charge is -2.28. The summed E-state index contributed by atoms with van der Waals surface area (Å²) >= 11 is 0. The number of hydrogen-bond acceptors (Lipinski definition) is 8. The van der Waals surface area contributed by atoms with E-state index in [9.17, 15) is 12.8 Å². The summed E-state index contributed by atoms with van der Waals surface area (Å²) in [5.74, 6) is 1.33. The summed E-state index contributed by atoms with van der Waals surface area (Å²) in [6.07, 6.45) is 0. The summed E-state index contributed by atoms with van der Waals surface area (Å²) in [6, 6.07) is 5.40. The van der Waals surface area contributed by atoms with E-state index in [0.717, 1.165) is 25.0 Å². The van der Waals surface area contributed by atoms with Gasteiger partial charge in [0.25, 0.3) is 0 Å². The summed E-state index contributed by atoms with van der Waals surface area (Å²) in [6.45, 7) is 7.05. The Morgan fingerprint density at radius 2 is 1.97 bits per heavy atom. The minimum Gasteiger partial charge on any atom is -0.491 e. The standard InChI is InChI=1S/C19H26FN5O4S/c1-3-29-17-5-4-15(12-16(17)20)30(26,27)22-7-6-21-18-13-19(24-14(2)23-18)25-8-10-28-11-9-25/h4-5,12-13,22H,3,6-11H2,1-2H3,(H,21,23,24). The lowest BCUT2D eigenvalue weighted by atomic mass is 10.3. The van der Waals surface area contributed by atoms with E-state index in [1.165, 1.54) is 12.1 Å². The third kappa shape index (κ3) is 5.77. The number of sulfonamides is 1. The van der Waals surface area contributed by atoms with Crippen LogP contribution in [0.25, 0.3) is 0 Å². The van der Waals surface area contributed by atoms with Crippen molar-refractivity contribution >= 4 is 21.7 Å². The van der Waals surface area contributed by atoms with Gasteiger partial charge in [0, 0.05) is 32.2 Å². The molecule has 0 atom stereocenters. The molecule has 1 saturated heterocycles. The molecule has 0 aliphatic carbocycles. The smallest absolute Gasteiger partial charge is 0.240 e. The first-order chi connectivity index (χ1) is 14.4. The van der Waals surface area contributed by atoms with Gasteiger partial charge in [-0.05, 0) is 32.0 Å².